The molecule has 0 spiro atoms. The summed E-state index contributed by atoms with van der Waals surface area (Å²) in [6.07, 6.45) is 11.3. The molecule has 1 aliphatic heterocycles. The Bertz CT molecular complexity index is 1150. The van der Waals surface area contributed by atoms with E-state index >= 15 is 0 Å². The van der Waals surface area contributed by atoms with Gasteiger partial charge in [-0.2, -0.15) is 0 Å². The number of anilines is 2. The lowest BCUT2D eigenvalue weighted by atomic mass is 9.71. The van der Waals surface area contributed by atoms with Crippen LogP contribution in [0.25, 0.3) is 0 Å². The molecule has 0 unspecified atom stereocenters. The third kappa shape index (κ3) is 5.04. The summed E-state index contributed by atoms with van der Waals surface area (Å²) in [5, 5.41) is 13.3. The summed E-state index contributed by atoms with van der Waals surface area (Å²) in [5.74, 6) is 1.50. The molecule has 2 aliphatic carbocycles. The first kappa shape index (κ1) is 25.6. The number of hydrogen-bond acceptors (Lipinski definition) is 6. The number of nitrogens with zero attached hydrogens (tertiary/aromatic N) is 1. The van der Waals surface area contributed by atoms with Crippen molar-refractivity contribution in [3.05, 3.63) is 53.2 Å². The fourth-order valence-corrected chi connectivity index (χ4v) is 8.67. The molecule has 36 heavy (non-hydrogen) atoms. The highest BCUT2D eigenvalue weighted by molar-refractivity contribution is 7.94. The van der Waals surface area contributed by atoms with Crippen molar-refractivity contribution < 1.29 is 18.3 Å². The molecule has 1 aromatic heterocycles. The van der Waals surface area contributed by atoms with Crippen LogP contribution in [0.2, 0.25) is 0 Å². The Morgan fingerprint density at radius 1 is 1.08 bits per heavy atom. The van der Waals surface area contributed by atoms with Crippen LogP contribution in [0.3, 0.4) is 0 Å². The van der Waals surface area contributed by atoms with Gasteiger partial charge in [-0.1, -0.05) is 44.7 Å². The van der Waals surface area contributed by atoms with Crippen LogP contribution in [0.15, 0.2) is 57.4 Å². The van der Waals surface area contributed by atoms with Crippen molar-refractivity contribution in [3.8, 4) is 0 Å². The number of rotatable bonds is 9. The maximum Gasteiger partial charge on any atom is 0.271 e. The van der Waals surface area contributed by atoms with Crippen LogP contribution < -0.4 is 9.62 Å². The van der Waals surface area contributed by atoms with E-state index in [4.69, 9.17) is 4.74 Å². The van der Waals surface area contributed by atoms with E-state index in [9.17, 15) is 13.5 Å². The highest BCUT2D eigenvalue weighted by atomic mass is 32.2. The van der Waals surface area contributed by atoms with Gasteiger partial charge in [-0.3, -0.25) is 4.72 Å². The van der Waals surface area contributed by atoms with Crippen LogP contribution in [-0.4, -0.2) is 32.3 Å². The molecule has 0 atom stereocenters. The Morgan fingerprint density at radius 3 is 2.36 bits per heavy atom. The number of aliphatic hydroxyl groups excluding tert-OH is 1. The van der Waals surface area contributed by atoms with Gasteiger partial charge in [-0.25, -0.2) is 8.42 Å². The predicted octanol–water partition coefficient (Wildman–Crippen LogP) is 7.07. The van der Waals surface area contributed by atoms with E-state index in [1.165, 1.54) is 62.7 Å². The first-order chi connectivity index (χ1) is 17.4. The van der Waals surface area contributed by atoms with E-state index in [-0.39, 0.29) is 9.81 Å². The Kier molecular flexibility index (Phi) is 7.65. The highest BCUT2D eigenvalue weighted by Crippen LogP contribution is 2.51. The Labute approximate surface area is 219 Å². The number of ether oxygens (including phenoxy) is 1. The smallest absolute Gasteiger partial charge is 0.271 e. The normalized spacial score (nSPS) is 21.2. The second kappa shape index (κ2) is 10.8. The quantitative estimate of drug-likeness (QED) is 0.362. The van der Waals surface area contributed by atoms with Crippen molar-refractivity contribution in [2.45, 2.75) is 80.9 Å². The molecule has 0 saturated heterocycles. The second-order valence-electron chi connectivity index (χ2n) is 10.5. The van der Waals surface area contributed by atoms with E-state index in [0.29, 0.717) is 42.9 Å². The molecular weight excluding hydrogens is 492 g/mol. The molecule has 0 radical (unpaired) electrons. The zero-order valence-corrected chi connectivity index (χ0v) is 22.8. The lowest BCUT2D eigenvalue weighted by molar-refractivity contribution is -0.131. The molecule has 0 bridgehead atoms. The summed E-state index contributed by atoms with van der Waals surface area (Å²) >= 11 is 1.19. The number of hydrogen-bond donors (Lipinski definition) is 2. The summed E-state index contributed by atoms with van der Waals surface area (Å²) in [7, 11) is -3.63. The summed E-state index contributed by atoms with van der Waals surface area (Å²) in [4.78, 5) is 2.10. The van der Waals surface area contributed by atoms with E-state index in [0.717, 1.165) is 17.8 Å². The van der Waals surface area contributed by atoms with Crippen molar-refractivity contribution in [2.24, 2.45) is 11.8 Å². The van der Waals surface area contributed by atoms with Crippen molar-refractivity contribution in [2.75, 3.05) is 22.8 Å². The molecule has 2 saturated carbocycles. The Morgan fingerprint density at radius 2 is 1.78 bits per heavy atom. The first-order valence-corrected chi connectivity index (χ1v) is 15.8. The summed E-state index contributed by atoms with van der Waals surface area (Å²) in [6.45, 7) is 3.21. The number of aliphatic hydroxyl groups is 1. The van der Waals surface area contributed by atoms with Gasteiger partial charge in [0, 0.05) is 18.7 Å². The number of benzene rings is 1. The van der Waals surface area contributed by atoms with Gasteiger partial charge in [-0.05, 0) is 73.6 Å². The molecule has 6 nitrogen and oxygen atoms in total. The van der Waals surface area contributed by atoms with E-state index in [1.807, 2.05) is 18.2 Å². The number of nitrogens with one attached hydrogen (secondary N) is 1. The van der Waals surface area contributed by atoms with Crippen LogP contribution >= 0.6 is 11.3 Å². The maximum absolute atomic E-state index is 12.8. The predicted molar refractivity (Wildman–Crippen MR) is 146 cm³/mol. The molecule has 196 valence electrons. The van der Waals surface area contributed by atoms with E-state index < -0.39 is 10.0 Å². The van der Waals surface area contributed by atoms with E-state index in [1.54, 1.807) is 23.6 Å². The van der Waals surface area contributed by atoms with Gasteiger partial charge < -0.3 is 14.7 Å². The van der Waals surface area contributed by atoms with Crippen LogP contribution in [0, 0.1) is 11.8 Å². The minimum absolute atomic E-state index is 0.239. The van der Waals surface area contributed by atoms with Crippen LogP contribution in [0.4, 0.5) is 11.4 Å². The average Bonchev–Trinajstić information content (AvgIpc) is 3.66. The Balaban J connectivity index is 1.42. The molecule has 3 aliphatic rings. The lowest BCUT2D eigenvalue weighted by Crippen LogP contribution is -2.50. The first-order valence-electron chi connectivity index (χ1n) is 13.4. The Hall–Kier alpha value is -2.03. The third-order valence-electron chi connectivity index (χ3n) is 8.29. The third-order valence-corrected chi connectivity index (χ3v) is 11.1. The summed E-state index contributed by atoms with van der Waals surface area (Å²) in [5.41, 5.74) is 1.92. The summed E-state index contributed by atoms with van der Waals surface area (Å²) < 4.78 is 35.4. The summed E-state index contributed by atoms with van der Waals surface area (Å²) in [6, 6.07) is 10.8. The van der Waals surface area contributed by atoms with Crippen molar-refractivity contribution >= 4 is 32.7 Å². The van der Waals surface area contributed by atoms with Gasteiger partial charge in [0.15, 0.2) is 0 Å². The van der Waals surface area contributed by atoms with Gasteiger partial charge in [0.2, 0.25) is 0 Å². The van der Waals surface area contributed by atoms with Gasteiger partial charge in [0.1, 0.15) is 9.97 Å². The fraction of sp³-hybridized carbons (Fsp3) is 0.571. The van der Waals surface area contributed by atoms with Crippen molar-refractivity contribution in [1.82, 2.24) is 0 Å². The lowest BCUT2D eigenvalue weighted by Gasteiger charge is -2.48. The van der Waals surface area contributed by atoms with Gasteiger partial charge in [0.25, 0.3) is 10.0 Å². The van der Waals surface area contributed by atoms with Crippen molar-refractivity contribution in [1.29, 1.82) is 0 Å². The average molecular weight is 531 g/mol. The fourth-order valence-electron chi connectivity index (χ4n) is 6.62. The van der Waals surface area contributed by atoms with Crippen LogP contribution in [0.1, 0.15) is 71.1 Å². The van der Waals surface area contributed by atoms with Crippen molar-refractivity contribution in [3.63, 3.8) is 0 Å². The largest absolute Gasteiger partial charge is 0.510 e. The standard InChI is InChI=1S/C28H38N2O4S2/c1-2-16-30(24-14-7-13-23(18-24)29-36(32,33)27-15-8-17-35-27)25-20-34-28(19-26(25)31,21-9-3-4-10-21)22-11-5-6-12-22/h7-8,13-15,17-18,21-22,29,31H,2-6,9-12,16,19-20H2,1H3. The molecule has 2 heterocycles. The highest BCUT2D eigenvalue weighted by Gasteiger charge is 2.51. The van der Waals surface area contributed by atoms with Gasteiger partial charge in [-0.15, -0.1) is 11.3 Å². The number of sulfonamides is 1. The van der Waals surface area contributed by atoms with Crippen LogP contribution in [0.5, 0.6) is 0 Å². The zero-order valence-electron chi connectivity index (χ0n) is 21.1. The molecule has 2 fully saturated rings. The molecule has 2 aromatic rings. The second-order valence-corrected chi connectivity index (χ2v) is 13.4. The molecular formula is C28H38N2O4S2. The monoisotopic (exact) mass is 530 g/mol. The molecule has 8 heteroatoms. The number of thiophene rings is 1. The SMILES string of the molecule is CCCN(C1=C(O)CC(C2CCCC2)(C2CCCC2)OC1)c1cccc(NS(=O)(=O)c2cccs2)c1. The molecule has 1 aromatic carbocycles. The zero-order chi connectivity index (χ0) is 25.2. The van der Waals surface area contributed by atoms with Gasteiger partial charge >= 0.3 is 0 Å². The topological polar surface area (TPSA) is 78.9 Å². The molecule has 0 amide bonds. The minimum atomic E-state index is -3.63. The molecule has 5 rings (SSSR count). The minimum Gasteiger partial charge on any atom is -0.510 e. The van der Waals surface area contributed by atoms with E-state index in [2.05, 4.69) is 16.5 Å². The van der Waals surface area contributed by atoms with Crippen LogP contribution in [-0.2, 0) is 14.8 Å². The maximum atomic E-state index is 12.8. The molecule has 2 N–H and O–H groups in total. The van der Waals surface area contributed by atoms with Gasteiger partial charge in [0.05, 0.1) is 23.6 Å².